The summed E-state index contributed by atoms with van der Waals surface area (Å²) in [7, 11) is -3.57. The molecule has 0 atom stereocenters. The molecule has 1 saturated heterocycles. The molecule has 0 aromatic heterocycles. The highest BCUT2D eigenvalue weighted by molar-refractivity contribution is 7.89. The zero-order valence-corrected chi connectivity index (χ0v) is 12.2. The Balaban J connectivity index is 1.68. The number of hydrogen-bond acceptors (Lipinski definition) is 4. The van der Waals surface area contributed by atoms with Gasteiger partial charge in [0.15, 0.2) is 0 Å². The summed E-state index contributed by atoms with van der Waals surface area (Å²) in [5, 5.41) is 9.74. The molecule has 1 N–H and O–H groups in total. The SMILES string of the molecule is O=S(=O)(c1ccccc1O)N1CCN(CC2CC2)CC1. The van der Waals surface area contributed by atoms with Crippen LogP contribution in [0, 0.1) is 5.92 Å². The van der Waals surface area contributed by atoms with Gasteiger partial charge in [0, 0.05) is 32.7 Å². The molecule has 20 heavy (non-hydrogen) atoms. The van der Waals surface area contributed by atoms with Crippen LogP contribution < -0.4 is 0 Å². The Morgan fingerprint density at radius 1 is 1.10 bits per heavy atom. The molecule has 1 aromatic carbocycles. The van der Waals surface area contributed by atoms with Crippen LogP contribution in [0.4, 0.5) is 0 Å². The zero-order valence-electron chi connectivity index (χ0n) is 11.4. The van der Waals surface area contributed by atoms with E-state index in [-0.39, 0.29) is 10.6 Å². The maximum Gasteiger partial charge on any atom is 0.246 e. The Kier molecular flexibility index (Phi) is 3.70. The highest BCUT2D eigenvalue weighted by Gasteiger charge is 2.32. The van der Waals surface area contributed by atoms with Gasteiger partial charge in [0.2, 0.25) is 10.0 Å². The highest BCUT2D eigenvalue weighted by Crippen LogP contribution is 2.30. The minimum Gasteiger partial charge on any atom is -0.507 e. The molecule has 1 saturated carbocycles. The van der Waals surface area contributed by atoms with Gasteiger partial charge in [-0.3, -0.25) is 0 Å². The number of rotatable bonds is 4. The topological polar surface area (TPSA) is 60.9 Å². The van der Waals surface area contributed by atoms with Crippen LogP contribution in [-0.4, -0.2) is 55.5 Å². The van der Waals surface area contributed by atoms with E-state index in [1.807, 2.05) is 0 Å². The van der Waals surface area contributed by atoms with Crippen LogP contribution in [0.15, 0.2) is 29.2 Å². The summed E-state index contributed by atoms with van der Waals surface area (Å²) < 4.78 is 26.5. The summed E-state index contributed by atoms with van der Waals surface area (Å²) in [6, 6.07) is 6.13. The molecule has 110 valence electrons. The van der Waals surface area contributed by atoms with E-state index in [0.717, 1.165) is 25.6 Å². The molecule has 0 amide bonds. The third-order valence-electron chi connectivity index (χ3n) is 4.03. The Morgan fingerprint density at radius 2 is 1.75 bits per heavy atom. The average molecular weight is 296 g/mol. The molecule has 1 aliphatic heterocycles. The second-order valence-electron chi connectivity index (χ2n) is 5.62. The lowest BCUT2D eigenvalue weighted by Crippen LogP contribution is -2.49. The molecule has 0 bridgehead atoms. The Morgan fingerprint density at radius 3 is 2.35 bits per heavy atom. The van der Waals surface area contributed by atoms with Crippen molar-refractivity contribution < 1.29 is 13.5 Å². The summed E-state index contributed by atoms with van der Waals surface area (Å²) in [5.74, 6) is 0.657. The number of piperazine rings is 1. The van der Waals surface area contributed by atoms with Crippen molar-refractivity contribution in [2.45, 2.75) is 17.7 Å². The van der Waals surface area contributed by atoms with Gasteiger partial charge in [-0.05, 0) is 30.9 Å². The quantitative estimate of drug-likeness (QED) is 0.904. The fraction of sp³-hybridized carbons (Fsp3) is 0.571. The molecule has 1 aromatic rings. The smallest absolute Gasteiger partial charge is 0.246 e. The molecule has 0 spiro atoms. The third kappa shape index (κ3) is 2.82. The first-order valence-electron chi connectivity index (χ1n) is 7.08. The predicted molar refractivity (Wildman–Crippen MR) is 76.0 cm³/mol. The van der Waals surface area contributed by atoms with Gasteiger partial charge in [0.05, 0.1) is 0 Å². The standard InChI is InChI=1S/C14H20N2O3S/c17-13-3-1-2-4-14(13)20(18,19)16-9-7-15(8-10-16)11-12-5-6-12/h1-4,12,17H,5-11H2. The van der Waals surface area contributed by atoms with Crippen molar-refractivity contribution in [2.75, 3.05) is 32.7 Å². The molecule has 2 aliphatic rings. The van der Waals surface area contributed by atoms with Crippen molar-refractivity contribution in [1.29, 1.82) is 0 Å². The largest absolute Gasteiger partial charge is 0.507 e. The van der Waals surface area contributed by atoms with Crippen LogP contribution in [0.3, 0.4) is 0 Å². The van der Waals surface area contributed by atoms with Crippen LogP contribution in [0.5, 0.6) is 5.75 Å². The Labute approximate surface area is 119 Å². The first-order valence-corrected chi connectivity index (χ1v) is 8.52. The molecule has 2 fully saturated rings. The summed E-state index contributed by atoms with van der Waals surface area (Å²) in [4.78, 5) is 2.35. The number of aromatic hydroxyl groups is 1. The molecular formula is C14H20N2O3S. The fourth-order valence-electron chi connectivity index (χ4n) is 2.63. The normalized spacial score (nSPS) is 22.0. The second kappa shape index (κ2) is 5.35. The number of phenols is 1. The molecule has 1 aliphatic carbocycles. The minimum atomic E-state index is -3.57. The number of phenolic OH excluding ortho intramolecular Hbond substituents is 1. The lowest BCUT2D eigenvalue weighted by molar-refractivity contribution is 0.182. The molecular weight excluding hydrogens is 276 g/mol. The van der Waals surface area contributed by atoms with E-state index in [9.17, 15) is 13.5 Å². The second-order valence-corrected chi connectivity index (χ2v) is 7.52. The number of para-hydroxylation sites is 1. The Hall–Kier alpha value is -1.11. The predicted octanol–water partition coefficient (Wildman–Crippen LogP) is 1.11. The van der Waals surface area contributed by atoms with Gasteiger partial charge in [-0.25, -0.2) is 8.42 Å². The minimum absolute atomic E-state index is 0.00985. The van der Waals surface area contributed by atoms with Crippen molar-refractivity contribution in [3.05, 3.63) is 24.3 Å². The van der Waals surface area contributed by atoms with Gasteiger partial charge in [-0.2, -0.15) is 4.31 Å². The summed E-state index contributed by atoms with van der Waals surface area (Å²) in [6.45, 7) is 3.67. The lowest BCUT2D eigenvalue weighted by Gasteiger charge is -2.34. The van der Waals surface area contributed by atoms with Crippen LogP contribution in [0.1, 0.15) is 12.8 Å². The van der Waals surface area contributed by atoms with E-state index in [4.69, 9.17) is 0 Å². The van der Waals surface area contributed by atoms with Crippen molar-refractivity contribution >= 4 is 10.0 Å². The van der Waals surface area contributed by atoms with Crippen molar-refractivity contribution in [1.82, 2.24) is 9.21 Å². The summed E-state index contributed by atoms with van der Waals surface area (Å²) in [6.07, 6.45) is 2.63. The van der Waals surface area contributed by atoms with Gasteiger partial charge in [-0.1, -0.05) is 12.1 Å². The van der Waals surface area contributed by atoms with E-state index in [1.165, 1.54) is 29.3 Å². The molecule has 0 unspecified atom stereocenters. The number of hydrogen-bond donors (Lipinski definition) is 1. The Bertz CT molecular complexity index is 576. The van der Waals surface area contributed by atoms with Crippen LogP contribution in [0.25, 0.3) is 0 Å². The zero-order chi connectivity index (χ0) is 14.2. The van der Waals surface area contributed by atoms with Crippen LogP contribution in [-0.2, 0) is 10.0 Å². The van der Waals surface area contributed by atoms with E-state index >= 15 is 0 Å². The third-order valence-corrected chi connectivity index (χ3v) is 5.97. The monoisotopic (exact) mass is 296 g/mol. The average Bonchev–Trinajstić information content (AvgIpc) is 3.24. The lowest BCUT2D eigenvalue weighted by atomic mass is 10.3. The first kappa shape index (κ1) is 13.9. The van der Waals surface area contributed by atoms with E-state index in [1.54, 1.807) is 12.1 Å². The molecule has 0 radical (unpaired) electrons. The van der Waals surface area contributed by atoms with Crippen molar-refractivity contribution in [3.63, 3.8) is 0 Å². The summed E-state index contributed by atoms with van der Waals surface area (Å²) in [5.41, 5.74) is 0. The van der Waals surface area contributed by atoms with Gasteiger partial charge in [-0.15, -0.1) is 0 Å². The van der Waals surface area contributed by atoms with Crippen LogP contribution >= 0.6 is 0 Å². The van der Waals surface area contributed by atoms with Gasteiger partial charge >= 0.3 is 0 Å². The van der Waals surface area contributed by atoms with Crippen molar-refractivity contribution in [2.24, 2.45) is 5.92 Å². The maximum atomic E-state index is 12.5. The fourth-order valence-corrected chi connectivity index (χ4v) is 4.14. The summed E-state index contributed by atoms with van der Waals surface area (Å²) >= 11 is 0. The van der Waals surface area contributed by atoms with E-state index in [0.29, 0.717) is 13.1 Å². The van der Waals surface area contributed by atoms with Gasteiger partial charge < -0.3 is 10.0 Å². The number of sulfonamides is 1. The maximum absolute atomic E-state index is 12.5. The van der Waals surface area contributed by atoms with Crippen molar-refractivity contribution in [3.8, 4) is 5.75 Å². The molecule has 5 nitrogen and oxygen atoms in total. The molecule has 1 heterocycles. The number of nitrogens with zero attached hydrogens (tertiary/aromatic N) is 2. The van der Waals surface area contributed by atoms with E-state index in [2.05, 4.69) is 4.90 Å². The highest BCUT2D eigenvalue weighted by atomic mass is 32.2. The molecule has 6 heteroatoms. The molecule has 3 rings (SSSR count). The number of benzene rings is 1. The van der Waals surface area contributed by atoms with E-state index < -0.39 is 10.0 Å². The first-order chi connectivity index (χ1) is 9.57. The van der Waals surface area contributed by atoms with Gasteiger partial charge in [0.25, 0.3) is 0 Å². The van der Waals surface area contributed by atoms with Gasteiger partial charge in [0.1, 0.15) is 10.6 Å². The van der Waals surface area contributed by atoms with Crippen LogP contribution in [0.2, 0.25) is 0 Å².